The molecule has 0 amide bonds. The minimum Gasteiger partial charge on any atom is -0.0839 e. The molecule has 1 aromatic carbocycles. The summed E-state index contributed by atoms with van der Waals surface area (Å²) >= 11 is 0. The van der Waals surface area contributed by atoms with Crippen LogP contribution in [0.25, 0.3) is 12.2 Å². The van der Waals surface area contributed by atoms with Gasteiger partial charge in [-0.25, -0.2) is 0 Å². The van der Waals surface area contributed by atoms with E-state index in [0.717, 1.165) is 0 Å². The molecule has 0 unspecified atom stereocenters. The molecule has 122 valence electrons. The Kier molecular flexibility index (Phi) is 11.4. The molecule has 0 atom stereocenters. The zero-order valence-electron chi connectivity index (χ0n) is 14.7. The lowest BCUT2D eigenvalue weighted by Gasteiger charge is -1.98. The van der Waals surface area contributed by atoms with Gasteiger partial charge in [-0.15, -0.1) is 0 Å². The van der Waals surface area contributed by atoms with Gasteiger partial charge in [0.25, 0.3) is 0 Å². The summed E-state index contributed by atoms with van der Waals surface area (Å²) in [5.41, 5.74) is 2.63. The van der Waals surface area contributed by atoms with Crippen molar-refractivity contribution >= 4 is 12.2 Å². The van der Waals surface area contributed by atoms with Crippen molar-refractivity contribution in [1.82, 2.24) is 0 Å². The molecule has 0 fully saturated rings. The van der Waals surface area contributed by atoms with Crippen LogP contribution in [0.3, 0.4) is 0 Å². The Morgan fingerprint density at radius 2 is 1.00 bits per heavy atom. The minimum absolute atomic E-state index is 1.21. The van der Waals surface area contributed by atoms with Gasteiger partial charge in [0.1, 0.15) is 0 Å². The van der Waals surface area contributed by atoms with E-state index in [9.17, 15) is 0 Å². The molecule has 0 heterocycles. The van der Waals surface area contributed by atoms with E-state index in [-0.39, 0.29) is 0 Å². The Bertz CT molecular complexity index is 367. The Labute approximate surface area is 138 Å². The first kappa shape index (κ1) is 18.7. The van der Waals surface area contributed by atoms with Crippen LogP contribution in [0.15, 0.2) is 36.4 Å². The van der Waals surface area contributed by atoms with Gasteiger partial charge in [0, 0.05) is 0 Å². The Hall–Kier alpha value is -1.30. The molecule has 0 aliphatic rings. The second-order valence-electron chi connectivity index (χ2n) is 6.17. The molecule has 1 rings (SSSR count). The van der Waals surface area contributed by atoms with E-state index in [0.29, 0.717) is 0 Å². The molecule has 0 aromatic heterocycles. The Morgan fingerprint density at radius 1 is 0.591 bits per heavy atom. The van der Waals surface area contributed by atoms with Crippen LogP contribution in [0.1, 0.15) is 89.2 Å². The zero-order chi connectivity index (χ0) is 15.9. The van der Waals surface area contributed by atoms with Crippen molar-refractivity contribution in [1.29, 1.82) is 0 Å². The second-order valence-corrected chi connectivity index (χ2v) is 6.17. The van der Waals surface area contributed by atoms with E-state index >= 15 is 0 Å². The quantitative estimate of drug-likeness (QED) is 0.347. The fourth-order valence-corrected chi connectivity index (χ4v) is 2.53. The largest absolute Gasteiger partial charge is 0.0839 e. The summed E-state index contributed by atoms with van der Waals surface area (Å²) in [4.78, 5) is 0. The highest BCUT2D eigenvalue weighted by atomic mass is 14.0. The van der Waals surface area contributed by atoms with Gasteiger partial charge in [0.2, 0.25) is 0 Å². The normalized spacial score (nSPS) is 11.7. The molecule has 22 heavy (non-hydrogen) atoms. The summed E-state index contributed by atoms with van der Waals surface area (Å²) in [7, 11) is 0. The number of hydrogen-bond acceptors (Lipinski definition) is 0. The van der Waals surface area contributed by atoms with E-state index in [4.69, 9.17) is 0 Å². The van der Waals surface area contributed by atoms with Crippen molar-refractivity contribution < 1.29 is 0 Å². The summed E-state index contributed by atoms with van der Waals surface area (Å²) in [6.07, 6.45) is 22.3. The first-order valence-corrected chi connectivity index (χ1v) is 9.30. The first-order chi connectivity index (χ1) is 10.9. The summed E-state index contributed by atoms with van der Waals surface area (Å²) in [5, 5.41) is 0. The number of unbranched alkanes of at least 4 members (excludes halogenated alkanes) is 8. The predicted octanol–water partition coefficient (Wildman–Crippen LogP) is 7.65. The highest BCUT2D eigenvalue weighted by molar-refractivity contribution is 5.55. The van der Waals surface area contributed by atoms with Crippen LogP contribution in [0, 0.1) is 0 Å². The number of hydrogen-bond donors (Lipinski definition) is 0. The van der Waals surface area contributed by atoms with Gasteiger partial charge in [0.05, 0.1) is 0 Å². The van der Waals surface area contributed by atoms with Crippen molar-refractivity contribution in [2.24, 2.45) is 0 Å². The summed E-state index contributed by atoms with van der Waals surface area (Å²) in [6, 6.07) is 8.89. The molecule has 0 saturated carbocycles. The lowest BCUT2D eigenvalue weighted by molar-refractivity contribution is 0.675. The minimum atomic E-state index is 1.21. The molecule has 0 nitrogen and oxygen atoms in total. The molecule has 0 spiro atoms. The number of benzene rings is 1. The van der Waals surface area contributed by atoms with E-state index in [1.165, 1.54) is 75.3 Å². The topological polar surface area (TPSA) is 0 Å². The van der Waals surface area contributed by atoms with Gasteiger partial charge in [-0.3, -0.25) is 0 Å². The number of rotatable bonds is 12. The van der Waals surface area contributed by atoms with Gasteiger partial charge in [-0.05, 0) is 36.8 Å². The van der Waals surface area contributed by atoms with Crippen molar-refractivity contribution in [2.75, 3.05) is 0 Å². The monoisotopic (exact) mass is 298 g/mol. The molecule has 0 radical (unpaired) electrons. The Morgan fingerprint density at radius 3 is 1.36 bits per heavy atom. The maximum absolute atomic E-state index is 2.31. The van der Waals surface area contributed by atoms with E-state index in [2.05, 4.69) is 62.4 Å². The standard InChI is InChI=1S/C22H34/c1-3-5-7-9-11-13-15-21-17-19-22(20-18-21)16-14-12-10-8-6-4-2/h13-20H,3-12H2,1-2H3/b15-13+,16-14+. The molecule has 0 aliphatic carbocycles. The number of allylic oxidation sites excluding steroid dienone is 2. The third-order valence-corrected chi connectivity index (χ3v) is 4.01. The van der Waals surface area contributed by atoms with Crippen LogP contribution in [-0.4, -0.2) is 0 Å². The molecule has 0 saturated heterocycles. The maximum atomic E-state index is 2.31. The fourth-order valence-electron chi connectivity index (χ4n) is 2.53. The first-order valence-electron chi connectivity index (χ1n) is 9.30. The average molecular weight is 299 g/mol. The van der Waals surface area contributed by atoms with Crippen molar-refractivity contribution in [3.8, 4) is 0 Å². The van der Waals surface area contributed by atoms with Crippen LogP contribution < -0.4 is 0 Å². The maximum Gasteiger partial charge on any atom is -0.0259 e. The van der Waals surface area contributed by atoms with Crippen molar-refractivity contribution in [2.45, 2.75) is 78.1 Å². The van der Waals surface area contributed by atoms with Crippen LogP contribution in [-0.2, 0) is 0 Å². The molecule has 0 aliphatic heterocycles. The SMILES string of the molecule is CCCCCC/C=C/c1ccc(/C=C/CCCCCC)cc1. The van der Waals surface area contributed by atoms with Gasteiger partial charge in [0.15, 0.2) is 0 Å². The zero-order valence-corrected chi connectivity index (χ0v) is 14.7. The van der Waals surface area contributed by atoms with Crippen LogP contribution >= 0.6 is 0 Å². The summed E-state index contributed by atoms with van der Waals surface area (Å²) in [6.45, 7) is 4.52. The predicted molar refractivity (Wildman–Crippen MR) is 102 cm³/mol. The lowest BCUT2D eigenvalue weighted by atomic mass is 10.1. The average Bonchev–Trinajstić information content (AvgIpc) is 2.55. The van der Waals surface area contributed by atoms with Gasteiger partial charge in [-0.1, -0.05) is 101 Å². The third kappa shape index (κ3) is 9.60. The smallest absolute Gasteiger partial charge is 0.0259 e. The van der Waals surface area contributed by atoms with Gasteiger partial charge >= 0.3 is 0 Å². The highest BCUT2D eigenvalue weighted by Crippen LogP contribution is 2.11. The highest BCUT2D eigenvalue weighted by Gasteiger charge is 1.90. The molecular formula is C22H34. The molecular weight excluding hydrogens is 264 g/mol. The van der Waals surface area contributed by atoms with Gasteiger partial charge in [-0.2, -0.15) is 0 Å². The molecule has 0 bridgehead atoms. The van der Waals surface area contributed by atoms with Crippen molar-refractivity contribution in [3.63, 3.8) is 0 Å². The van der Waals surface area contributed by atoms with Gasteiger partial charge < -0.3 is 0 Å². The molecule has 0 N–H and O–H groups in total. The fraction of sp³-hybridized carbons (Fsp3) is 0.545. The lowest BCUT2D eigenvalue weighted by Crippen LogP contribution is -1.77. The Balaban J connectivity index is 2.24. The van der Waals surface area contributed by atoms with E-state index in [1.54, 1.807) is 0 Å². The molecule has 1 aromatic rings. The third-order valence-electron chi connectivity index (χ3n) is 4.01. The second kappa shape index (κ2) is 13.4. The molecule has 0 heteroatoms. The van der Waals surface area contributed by atoms with Crippen LogP contribution in [0.5, 0.6) is 0 Å². The van der Waals surface area contributed by atoms with Crippen LogP contribution in [0.2, 0.25) is 0 Å². The van der Waals surface area contributed by atoms with Crippen molar-refractivity contribution in [3.05, 3.63) is 47.5 Å². The summed E-state index contributed by atoms with van der Waals surface area (Å²) < 4.78 is 0. The van der Waals surface area contributed by atoms with E-state index < -0.39 is 0 Å². The summed E-state index contributed by atoms with van der Waals surface area (Å²) in [5.74, 6) is 0. The van der Waals surface area contributed by atoms with E-state index in [1.807, 2.05) is 0 Å². The van der Waals surface area contributed by atoms with Crippen LogP contribution in [0.4, 0.5) is 0 Å².